The van der Waals surface area contributed by atoms with Gasteiger partial charge in [-0.25, -0.2) is 4.79 Å². The SMILES string of the molecule is CCCCCCCC(=O)NC[C@H]1OCO[C@H]2[C@@H]1OCO[C@H]2C(=O)OC. The molecule has 2 saturated heterocycles. The van der Waals surface area contributed by atoms with Crippen molar-refractivity contribution in [3.8, 4) is 0 Å². The summed E-state index contributed by atoms with van der Waals surface area (Å²) < 4.78 is 26.6. The third-order valence-electron chi connectivity index (χ3n) is 4.48. The number of hydrogen-bond acceptors (Lipinski definition) is 7. The Labute approximate surface area is 148 Å². The van der Waals surface area contributed by atoms with Crippen molar-refractivity contribution in [2.45, 2.75) is 69.9 Å². The number of rotatable bonds is 9. The lowest BCUT2D eigenvalue weighted by Gasteiger charge is -2.43. The van der Waals surface area contributed by atoms with Crippen LogP contribution < -0.4 is 5.32 Å². The lowest BCUT2D eigenvalue weighted by atomic mass is 10.00. The van der Waals surface area contributed by atoms with Crippen molar-refractivity contribution in [3.63, 3.8) is 0 Å². The molecule has 2 heterocycles. The topological polar surface area (TPSA) is 92.3 Å². The fourth-order valence-corrected chi connectivity index (χ4v) is 3.04. The lowest BCUT2D eigenvalue weighted by Crippen LogP contribution is -2.61. The van der Waals surface area contributed by atoms with Gasteiger partial charge in [-0.3, -0.25) is 4.79 Å². The van der Waals surface area contributed by atoms with E-state index in [2.05, 4.69) is 12.2 Å². The highest BCUT2D eigenvalue weighted by molar-refractivity contribution is 5.76. The molecule has 2 aliphatic heterocycles. The number of fused-ring (bicyclic) bond motifs is 1. The van der Waals surface area contributed by atoms with Gasteiger partial charge in [0.25, 0.3) is 0 Å². The summed E-state index contributed by atoms with van der Waals surface area (Å²) in [5.41, 5.74) is 0. The van der Waals surface area contributed by atoms with Gasteiger partial charge in [0.15, 0.2) is 6.10 Å². The number of hydrogen-bond donors (Lipinski definition) is 1. The van der Waals surface area contributed by atoms with Crippen molar-refractivity contribution < 1.29 is 33.3 Å². The van der Waals surface area contributed by atoms with Gasteiger partial charge in [-0.2, -0.15) is 0 Å². The van der Waals surface area contributed by atoms with E-state index in [-0.39, 0.29) is 25.6 Å². The molecule has 4 atom stereocenters. The highest BCUT2D eigenvalue weighted by Crippen LogP contribution is 2.26. The molecule has 0 aromatic rings. The molecule has 2 fully saturated rings. The van der Waals surface area contributed by atoms with Gasteiger partial charge in [-0.15, -0.1) is 0 Å². The van der Waals surface area contributed by atoms with Gasteiger partial charge in [0.1, 0.15) is 31.9 Å². The number of nitrogens with one attached hydrogen (secondary N) is 1. The van der Waals surface area contributed by atoms with E-state index in [1.165, 1.54) is 26.4 Å². The zero-order chi connectivity index (χ0) is 18.1. The van der Waals surface area contributed by atoms with Gasteiger partial charge in [0.05, 0.1) is 7.11 Å². The van der Waals surface area contributed by atoms with Crippen molar-refractivity contribution in [2.75, 3.05) is 27.2 Å². The van der Waals surface area contributed by atoms with Gasteiger partial charge in [-0.05, 0) is 6.42 Å². The minimum atomic E-state index is -0.843. The van der Waals surface area contributed by atoms with Crippen LogP contribution in [0.4, 0.5) is 0 Å². The monoisotopic (exact) mass is 359 g/mol. The maximum Gasteiger partial charge on any atom is 0.337 e. The summed E-state index contributed by atoms with van der Waals surface area (Å²) in [4.78, 5) is 23.8. The first-order chi connectivity index (χ1) is 12.2. The van der Waals surface area contributed by atoms with Crippen molar-refractivity contribution in [3.05, 3.63) is 0 Å². The Morgan fingerprint density at radius 2 is 1.72 bits per heavy atom. The molecule has 8 heteroatoms. The van der Waals surface area contributed by atoms with Crippen molar-refractivity contribution in [1.82, 2.24) is 5.32 Å². The van der Waals surface area contributed by atoms with Crippen LogP contribution in [0.1, 0.15) is 45.4 Å². The van der Waals surface area contributed by atoms with Crippen LogP contribution in [0, 0.1) is 0 Å². The molecular weight excluding hydrogens is 330 g/mol. The number of carbonyl (C=O) groups excluding carboxylic acids is 2. The molecular formula is C17H29NO7. The number of unbranched alkanes of at least 4 members (excludes halogenated alkanes) is 4. The Hall–Kier alpha value is -1.22. The number of carbonyl (C=O) groups is 2. The van der Waals surface area contributed by atoms with Crippen molar-refractivity contribution >= 4 is 11.9 Å². The Bertz CT molecular complexity index is 431. The minimum Gasteiger partial charge on any atom is -0.467 e. The van der Waals surface area contributed by atoms with E-state index < -0.39 is 24.3 Å². The maximum absolute atomic E-state index is 12.0. The molecule has 1 amide bonds. The van der Waals surface area contributed by atoms with Crippen LogP contribution in [0.25, 0.3) is 0 Å². The second-order valence-electron chi connectivity index (χ2n) is 6.28. The van der Waals surface area contributed by atoms with Crippen LogP contribution in [0.15, 0.2) is 0 Å². The Kier molecular flexibility index (Phi) is 8.60. The molecule has 144 valence electrons. The van der Waals surface area contributed by atoms with Crippen LogP contribution in [0.3, 0.4) is 0 Å². The standard InChI is InChI=1S/C17H29NO7/c1-3-4-5-6-7-8-13(19)18-9-12-14-15(24-10-22-12)16(17(20)21-2)25-11-23-14/h12,14-16H,3-11H2,1-2H3,(H,18,19)/t12-,14-,15+,16-/m1/s1. The third-order valence-corrected chi connectivity index (χ3v) is 4.48. The molecule has 0 unspecified atom stereocenters. The fraction of sp³-hybridized carbons (Fsp3) is 0.882. The number of methoxy groups -OCH3 is 1. The highest BCUT2D eigenvalue weighted by Gasteiger charge is 2.47. The van der Waals surface area contributed by atoms with E-state index in [4.69, 9.17) is 23.7 Å². The normalized spacial score (nSPS) is 28.9. The van der Waals surface area contributed by atoms with Crippen LogP contribution in [0.5, 0.6) is 0 Å². The van der Waals surface area contributed by atoms with E-state index in [0.717, 1.165) is 12.8 Å². The average molecular weight is 359 g/mol. The molecule has 0 aromatic heterocycles. The number of esters is 1. The second-order valence-corrected chi connectivity index (χ2v) is 6.28. The Morgan fingerprint density at radius 1 is 1.00 bits per heavy atom. The van der Waals surface area contributed by atoms with Crippen LogP contribution in [-0.4, -0.2) is 63.5 Å². The van der Waals surface area contributed by atoms with Crippen LogP contribution >= 0.6 is 0 Å². The summed E-state index contributed by atoms with van der Waals surface area (Å²) in [7, 11) is 1.30. The molecule has 25 heavy (non-hydrogen) atoms. The summed E-state index contributed by atoms with van der Waals surface area (Å²) in [6.45, 7) is 2.44. The molecule has 2 aliphatic rings. The summed E-state index contributed by atoms with van der Waals surface area (Å²) in [6, 6.07) is 0. The van der Waals surface area contributed by atoms with Crippen LogP contribution in [0.2, 0.25) is 0 Å². The predicted octanol–water partition coefficient (Wildman–Crippen LogP) is 1.12. The van der Waals surface area contributed by atoms with Gasteiger partial charge >= 0.3 is 5.97 Å². The summed E-state index contributed by atoms with van der Waals surface area (Å²) in [5.74, 6) is -0.505. The van der Waals surface area contributed by atoms with Crippen LogP contribution in [-0.2, 0) is 33.3 Å². The quantitative estimate of drug-likeness (QED) is 0.487. The van der Waals surface area contributed by atoms with E-state index >= 15 is 0 Å². The molecule has 0 spiro atoms. The van der Waals surface area contributed by atoms with Gasteiger partial charge in [-0.1, -0.05) is 32.6 Å². The van der Waals surface area contributed by atoms with E-state index in [9.17, 15) is 9.59 Å². The molecule has 0 radical (unpaired) electrons. The first-order valence-corrected chi connectivity index (χ1v) is 8.98. The summed E-state index contributed by atoms with van der Waals surface area (Å²) in [5, 5.41) is 2.88. The molecule has 0 bridgehead atoms. The molecule has 0 aromatic carbocycles. The van der Waals surface area contributed by atoms with E-state index in [1.54, 1.807) is 0 Å². The Balaban J connectivity index is 1.76. The first-order valence-electron chi connectivity index (χ1n) is 8.98. The summed E-state index contributed by atoms with van der Waals surface area (Å²) in [6.07, 6.45) is 3.70. The highest BCUT2D eigenvalue weighted by atomic mass is 16.8. The zero-order valence-corrected chi connectivity index (χ0v) is 15.0. The minimum absolute atomic E-state index is 0.000261. The number of amides is 1. The van der Waals surface area contributed by atoms with E-state index in [0.29, 0.717) is 13.0 Å². The number of ether oxygens (including phenoxy) is 5. The van der Waals surface area contributed by atoms with Gasteiger partial charge in [0, 0.05) is 13.0 Å². The molecule has 8 nitrogen and oxygen atoms in total. The first kappa shape index (κ1) is 20.1. The van der Waals surface area contributed by atoms with Gasteiger partial charge < -0.3 is 29.0 Å². The van der Waals surface area contributed by atoms with Gasteiger partial charge in [0.2, 0.25) is 5.91 Å². The largest absolute Gasteiger partial charge is 0.467 e. The molecule has 0 aliphatic carbocycles. The van der Waals surface area contributed by atoms with E-state index in [1.807, 2.05) is 0 Å². The lowest BCUT2D eigenvalue weighted by molar-refractivity contribution is -0.318. The fourth-order valence-electron chi connectivity index (χ4n) is 3.04. The predicted molar refractivity (Wildman–Crippen MR) is 87.6 cm³/mol. The molecule has 1 N–H and O–H groups in total. The molecule has 0 saturated carbocycles. The smallest absolute Gasteiger partial charge is 0.337 e. The molecule has 2 rings (SSSR count). The third kappa shape index (κ3) is 5.91. The average Bonchev–Trinajstić information content (AvgIpc) is 2.65. The second kappa shape index (κ2) is 10.7. The maximum atomic E-state index is 12.0. The van der Waals surface area contributed by atoms with Crippen molar-refractivity contribution in [1.29, 1.82) is 0 Å². The zero-order valence-electron chi connectivity index (χ0n) is 15.0. The van der Waals surface area contributed by atoms with Crippen molar-refractivity contribution in [2.24, 2.45) is 0 Å². The summed E-state index contributed by atoms with van der Waals surface area (Å²) >= 11 is 0. The Morgan fingerprint density at radius 3 is 2.48 bits per heavy atom.